The van der Waals surface area contributed by atoms with Crippen LogP contribution in [0.4, 0.5) is 0 Å². The van der Waals surface area contributed by atoms with Crippen LogP contribution in [-0.2, 0) is 9.78 Å². The van der Waals surface area contributed by atoms with E-state index < -0.39 is 0 Å². The van der Waals surface area contributed by atoms with Crippen molar-refractivity contribution in [3.8, 4) is 0 Å². The Kier molecular flexibility index (Phi) is 4.58. The van der Waals surface area contributed by atoms with Crippen molar-refractivity contribution < 1.29 is 9.78 Å². The van der Waals surface area contributed by atoms with Crippen molar-refractivity contribution in [1.82, 2.24) is 0 Å². The summed E-state index contributed by atoms with van der Waals surface area (Å²) in [5.41, 5.74) is 3.07. The zero-order chi connectivity index (χ0) is 14.6. The number of benzene rings is 2. The Morgan fingerprint density at radius 3 is 1.90 bits per heavy atom. The molecule has 0 heterocycles. The predicted molar refractivity (Wildman–Crippen MR) is 81.4 cm³/mol. The van der Waals surface area contributed by atoms with E-state index in [9.17, 15) is 0 Å². The van der Waals surface area contributed by atoms with E-state index in [1.54, 1.807) is 0 Å². The maximum Gasteiger partial charge on any atom is 0.143 e. The zero-order valence-corrected chi connectivity index (χ0v) is 12.6. The van der Waals surface area contributed by atoms with E-state index in [1.807, 2.05) is 39.0 Å². The highest BCUT2D eigenvalue weighted by atomic mass is 17.2. The van der Waals surface area contributed by atoms with Gasteiger partial charge in [-0.25, -0.2) is 9.78 Å². The summed E-state index contributed by atoms with van der Waals surface area (Å²) < 4.78 is 0. The van der Waals surface area contributed by atoms with Gasteiger partial charge in [-0.2, -0.15) is 0 Å². The van der Waals surface area contributed by atoms with Crippen molar-refractivity contribution in [3.05, 3.63) is 71.3 Å². The first kappa shape index (κ1) is 14.8. The van der Waals surface area contributed by atoms with Crippen LogP contribution in [0.1, 0.15) is 43.6 Å². The normalized spacial score (nSPS) is 13.2. The summed E-state index contributed by atoms with van der Waals surface area (Å²) in [6, 6.07) is 18.5. The molecule has 0 spiro atoms. The molecule has 0 bridgehead atoms. The Balaban J connectivity index is 2.27. The molecule has 1 atom stereocenters. The summed E-state index contributed by atoms with van der Waals surface area (Å²) in [6.45, 7) is 8.01. The molecule has 2 heteroatoms. The average molecular weight is 270 g/mol. The molecule has 2 rings (SSSR count). The molecule has 2 aromatic rings. The summed E-state index contributed by atoms with van der Waals surface area (Å²) in [6.07, 6.45) is -0.212. The van der Waals surface area contributed by atoms with Crippen LogP contribution < -0.4 is 0 Å². The molecule has 0 saturated carbocycles. The Hall–Kier alpha value is -1.64. The Morgan fingerprint density at radius 1 is 0.800 bits per heavy atom. The number of hydrogen-bond donors (Lipinski definition) is 0. The molecule has 0 aliphatic heterocycles. The fourth-order valence-electron chi connectivity index (χ4n) is 1.87. The second-order valence-electron chi connectivity index (χ2n) is 5.99. The van der Waals surface area contributed by atoms with E-state index in [-0.39, 0.29) is 11.7 Å². The van der Waals surface area contributed by atoms with Crippen LogP contribution in [0.5, 0.6) is 0 Å². The lowest BCUT2D eigenvalue weighted by molar-refractivity contribution is -0.368. The quantitative estimate of drug-likeness (QED) is 0.585. The second kappa shape index (κ2) is 6.21. The third kappa shape index (κ3) is 4.19. The minimum absolute atomic E-state index is 0.212. The molecule has 0 aromatic heterocycles. The lowest BCUT2D eigenvalue weighted by atomic mass is 10.0. The molecule has 20 heavy (non-hydrogen) atoms. The van der Waals surface area contributed by atoms with Crippen molar-refractivity contribution in [2.75, 3.05) is 0 Å². The third-order valence-electron chi connectivity index (χ3n) is 2.88. The summed E-state index contributed by atoms with van der Waals surface area (Å²) in [5.74, 6) is 0. The molecule has 0 radical (unpaired) electrons. The van der Waals surface area contributed by atoms with Gasteiger partial charge in [-0.15, -0.1) is 0 Å². The van der Waals surface area contributed by atoms with Gasteiger partial charge in [-0.3, -0.25) is 0 Å². The summed E-state index contributed by atoms with van der Waals surface area (Å²) in [7, 11) is 0. The van der Waals surface area contributed by atoms with Gasteiger partial charge in [0.2, 0.25) is 0 Å². The van der Waals surface area contributed by atoms with Crippen molar-refractivity contribution in [2.45, 2.75) is 39.4 Å². The molecule has 0 saturated heterocycles. The van der Waals surface area contributed by atoms with E-state index in [2.05, 4.69) is 43.3 Å². The van der Waals surface area contributed by atoms with Crippen LogP contribution in [0.3, 0.4) is 0 Å². The van der Waals surface area contributed by atoms with Gasteiger partial charge < -0.3 is 0 Å². The molecule has 0 aliphatic carbocycles. The van der Waals surface area contributed by atoms with Crippen LogP contribution in [0, 0.1) is 6.92 Å². The molecular formula is C18H22O2. The van der Waals surface area contributed by atoms with Crippen LogP contribution in [0.2, 0.25) is 0 Å². The average Bonchev–Trinajstić information content (AvgIpc) is 2.41. The van der Waals surface area contributed by atoms with Gasteiger partial charge in [-0.1, -0.05) is 60.2 Å². The van der Waals surface area contributed by atoms with Gasteiger partial charge in [0.15, 0.2) is 0 Å². The minimum Gasteiger partial charge on any atom is -0.230 e. The van der Waals surface area contributed by atoms with Gasteiger partial charge in [-0.05, 0) is 38.8 Å². The molecule has 1 unspecified atom stereocenters. The van der Waals surface area contributed by atoms with Crippen LogP contribution in [-0.4, -0.2) is 5.60 Å². The highest BCUT2D eigenvalue weighted by Crippen LogP contribution is 2.28. The maximum atomic E-state index is 5.72. The van der Waals surface area contributed by atoms with E-state index in [4.69, 9.17) is 9.78 Å². The minimum atomic E-state index is -0.336. The first-order chi connectivity index (χ1) is 9.46. The van der Waals surface area contributed by atoms with E-state index >= 15 is 0 Å². The third-order valence-corrected chi connectivity index (χ3v) is 2.88. The smallest absolute Gasteiger partial charge is 0.143 e. The molecular weight excluding hydrogens is 248 g/mol. The highest BCUT2D eigenvalue weighted by Gasteiger charge is 2.20. The molecule has 2 aromatic carbocycles. The first-order valence-corrected chi connectivity index (χ1v) is 6.92. The van der Waals surface area contributed by atoms with Crippen molar-refractivity contribution in [3.63, 3.8) is 0 Å². The molecule has 0 N–H and O–H groups in total. The largest absolute Gasteiger partial charge is 0.230 e. The van der Waals surface area contributed by atoms with Crippen LogP contribution in [0.15, 0.2) is 54.6 Å². The summed E-state index contributed by atoms with van der Waals surface area (Å²) in [4.78, 5) is 11.2. The summed E-state index contributed by atoms with van der Waals surface area (Å²) >= 11 is 0. The number of aryl methyl sites for hydroxylation is 1. The number of rotatable bonds is 4. The first-order valence-electron chi connectivity index (χ1n) is 6.92. The predicted octanol–water partition coefficient (Wildman–Crippen LogP) is 4.83. The lowest BCUT2D eigenvalue weighted by Crippen LogP contribution is -2.21. The SMILES string of the molecule is Cc1ccc(C(OOC(C)(C)C)c2ccccc2)cc1. The van der Waals surface area contributed by atoms with Crippen LogP contribution in [0.25, 0.3) is 0 Å². The molecule has 106 valence electrons. The van der Waals surface area contributed by atoms with Crippen molar-refractivity contribution in [2.24, 2.45) is 0 Å². The molecule has 2 nitrogen and oxygen atoms in total. The van der Waals surface area contributed by atoms with Gasteiger partial charge >= 0.3 is 0 Å². The molecule has 0 fully saturated rings. The summed E-state index contributed by atoms with van der Waals surface area (Å²) in [5, 5.41) is 0. The zero-order valence-electron chi connectivity index (χ0n) is 12.6. The second-order valence-corrected chi connectivity index (χ2v) is 5.99. The van der Waals surface area contributed by atoms with Crippen LogP contribution >= 0.6 is 0 Å². The Labute approximate surface area is 121 Å². The van der Waals surface area contributed by atoms with Gasteiger partial charge in [0.1, 0.15) is 6.10 Å². The standard InChI is InChI=1S/C18H22O2/c1-14-10-12-16(13-11-14)17(19-20-18(2,3)4)15-8-6-5-7-9-15/h5-13,17H,1-4H3. The van der Waals surface area contributed by atoms with E-state index in [0.717, 1.165) is 11.1 Å². The lowest BCUT2D eigenvalue weighted by Gasteiger charge is -2.24. The van der Waals surface area contributed by atoms with Crippen molar-refractivity contribution in [1.29, 1.82) is 0 Å². The monoisotopic (exact) mass is 270 g/mol. The van der Waals surface area contributed by atoms with E-state index in [1.165, 1.54) is 5.56 Å². The van der Waals surface area contributed by atoms with Gasteiger partial charge in [0, 0.05) is 0 Å². The highest BCUT2D eigenvalue weighted by molar-refractivity contribution is 5.31. The topological polar surface area (TPSA) is 18.5 Å². The van der Waals surface area contributed by atoms with Gasteiger partial charge in [0.25, 0.3) is 0 Å². The van der Waals surface area contributed by atoms with Crippen molar-refractivity contribution >= 4 is 0 Å². The molecule has 0 aliphatic rings. The fraction of sp³-hybridized carbons (Fsp3) is 0.333. The maximum absolute atomic E-state index is 5.72. The van der Waals surface area contributed by atoms with E-state index in [0.29, 0.717) is 0 Å². The van der Waals surface area contributed by atoms with Gasteiger partial charge in [0.05, 0.1) is 5.60 Å². The fourth-order valence-corrected chi connectivity index (χ4v) is 1.87. The number of hydrogen-bond acceptors (Lipinski definition) is 2. The molecule has 0 amide bonds. The Morgan fingerprint density at radius 2 is 1.35 bits per heavy atom. The Bertz CT molecular complexity index is 524.